The molecule has 0 aromatic heterocycles. The highest BCUT2D eigenvalue weighted by Gasteiger charge is 2.28. The average Bonchev–Trinajstić information content (AvgIpc) is 3.08. The Hall–Kier alpha value is -2.48. The Bertz CT molecular complexity index is 1080. The Labute approximate surface area is 136 Å². The van der Waals surface area contributed by atoms with Crippen molar-refractivity contribution in [1.29, 1.82) is 0 Å². The summed E-state index contributed by atoms with van der Waals surface area (Å²) in [5.74, 6) is 0. The van der Waals surface area contributed by atoms with E-state index in [2.05, 4.69) is 72.8 Å². The van der Waals surface area contributed by atoms with Crippen molar-refractivity contribution in [1.82, 2.24) is 0 Å². The smallest absolute Gasteiger partial charge is 0.215 e. The number of nitrogens with zero attached hydrogens (tertiary/aromatic N) is 2. The van der Waals surface area contributed by atoms with Crippen molar-refractivity contribution in [3.05, 3.63) is 47.5 Å². The van der Waals surface area contributed by atoms with Gasteiger partial charge in [0.1, 0.15) is 14.1 Å². The summed E-state index contributed by atoms with van der Waals surface area (Å²) in [6.07, 6.45) is 5.41. The Morgan fingerprint density at radius 3 is 2.17 bits per heavy atom. The number of benzene rings is 3. The molecular formula is C21H19N2+. The van der Waals surface area contributed by atoms with Crippen LogP contribution in [0.5, 0.6) is 0 Å². The van der Waals surface area contributed by atoms with E-state index in [9.17, 15) is 0 Å². The lowest BCUT2D eigenvalue weighted by atomic mass is 9.94. The van der Waals surface area contributed by atoms with Gasteiger partial charge in [0.2, 0.25) is 5.69 Å². The second kappa shape index (κ2) is 4.29. The van der Waals surface area contributed by atoms with Crippen LogP contribution in [-0.4, -0.2) is 35.2 Å². The molecule has 0 aliphatic carbocycles. The van der Waals surface area contributed by atoms with Crippen LogP contribution in [0, 0.1) is 0 Å². The molecule has 112 valence electrons. The first kappa shape index (κ1) is 13.0. The molecule has 0 amide bonds. The highest BCUT2D eigenvalue weighted by molar-refractivity contribution is 6.18. The molecule has 2 aliphatic rings. The minimum absolute atomic E-state index is 0.911. The summed E-state index contributed by atoms with van der Waals surface area (Å²) >= 11 is 0. The van der Waals surface area contributed by atoms with Gasteiger partial charge in [0.15, 0.2) is 5.71 Å². The Morgan fingerprint density at radius 2 is 1.43 bits per heavy atom. The maximum atomic E-state index is 3.44. The van der Waals surface area contributed by atoms with Gasteiger partial charge in [0.05, 0.1) is 12.1 Å². The molecule has 2 aliphatic heterocycles. The molecular weight excluding hydrogens is 280 g/mol. The quantitative estimate of drug-likeness (QED) is 0.335. The standard InChI is InChI=1S/C21H19N2/c1-13-12-17-9-7-15-5-4-14-6-8-16-10-11-22(2)20(16)18(14)19(15)21(17)23(13)3/h4-9H,10,12H2,1-3H3/q+1. The van der Waals surface area contributed by atoms with E-state index in [1.54, 1.807) is 0 Å². The molecule has 0 unspecified atom stereocenters. The largest absolute Gasteiger partial charge is 0.366 e. The van der Waals surface area contributed by atoms with Gasteiger partial charge in [-0.2, -0.15) is 0 Å². The van der Waals surface area contributed by atoms with Crippen LogP contribution in [0.1, 0.15) is 18.1 Å². The molecule has 0 atom stereocenters. The van der Waals surface area contributed by atoms with Crippen molar-refractivity contribution >= 4 is 44.8 Å². The van der Waals surface area contributed by atoms with E-state index < -0.39 is 0 Å². The number of rotatable bonds is 0. The first-order valence-corrected chi connectivity index (χ1v) is 8.19. The molecule has 2 heterocycles. The lowest BCUT2D eigenvalue weighted by molar-refractivity contribution is -0.400. The maximum Gasteiger partial charge on any atom is 0.215 e. The fourth-order valence-corrected chi connectivity index (χ4v) is 4.20. The minimum Gasteiger partial charge on any atom is -0.366 e. The summed E-state index contributed by atoms with van der Waals surface area (Å²) in [7, 11) is 4.32. The Balaban J connectivity index is 2.08. The van der Waals surface area contributed by atoms with Crippen molar-refractivity contribution < 1.29 is 9.15 Å². The van der Waals surface area contributed by atoms with E-state index in [4.69, 9.17) is 0 Å². The normalized spacial score (nSPS) is 16.2. The summed E-state index contributed by atoms with van der Waals surface area (Å²) in [4.78, 5) is 0. The van der Waals surface area contributed by atoms with Crippen molar-refractivity contribution in [2.24, 2.45) is 0 Å². The molecule has 3 aromatic rings. The maximum absolute atomic E-state index is 3.44. The van der Waals surface area contributed by atoms with Crippen molar-refractivity contribution in [2.45, 2.75) is 19.8 Å². The van der Waals surface area contributed by atoms with Crippen LogP contribution in [0.2, 0.25) is 0 Å². The van der Waals surface area contributed by atoms with E-state index in [0.717, 1.165) is 12.8 Å². The predicted octanol–water partition coefficient (Wildman–Crippen LogP) is 4.06. The van der Waals surface area contributed by atoms with Crippen LogP contribution in [-0.2, 0) is 12.8 Å². The van der Waals surface area contributed by atoms with Gasteiger partial charge in [-0.25, -0.2) is 4.58 Å². The molecule has 5 rings (SSSR count). The number of hydrogen-bond donors (Lipinski definition) is 0. The lowest BCUT2D eigenvalue weighted by Crippen LogP contribution is -2.03. The van der Waals surface area contributed by atoms with E-state index in [0.29, 0.717) is 0 Å². The zero-order valence-electron chi connectivity index (χ0n) is 13.8. The molecule has 0 N–H and O–H groups in total. The number of fused-ring (bicyclic) bond motifs is 7. The third-order valence-electron chi connectivity index (χ3n) is 5.48. The van der Waals surface area contributed by atoms with Crippen LogP contribution in [0.25, 0.3) is 21.5 Å². The third kappa shape index (κ3) is 1.58. The third-order valence-corrected chi connectivity index (χ3v) is 5.48. The molecule has 0 radical (unpaired) electrons. The summed E-state index contributed by atoms with van der Waals surface area (Å²) in [5, 5.41) is 5.42. The summed E-state index contributed by atoms with van der Waals surface area (Å²) in [5.41, 5.74) is 6.96. The van der Waals surface area contributed by atoms with Gasteiger partial charge in [-0.1, -0.05) is 42.0 Å². The summed E-state index contributed by atoms with van der Waals surface area (Å²) in [6, 6.07) is 13.6. The average molecular weight is 299 g/mol. The van der Waals surface area contributed by atoms with Crippen molar-refractivity contribution in [2.75, 3.05) is 14.1 Å². The molecule has 23 heavy (non-hydrogen) atoms. The van der Waals surface area contributed by atoms with E-state index in [1.807, 2.05) is 0 Å². The zero-order chi connectivity index (χ0) is 15.7. The van der Waals surface area contributed by atoms with Crippen LogP contribution < -0.4 is 0 Å². The topological polar surface area (TPSA) is 6.02 Å². The van der Waals surface area contributed by atoms with Crippen LogP contribution in [0.15, 0.2) is 36.4 Å². The summed E-state index contributed by atoms with van der Waals surface area (Å²) in [6.45, 7) is 2.23. The highest BCUT2D eigenvalue weighted by atomic mass is 15.0. The van der Waals surface area contributed by atoms with Gasteiger partial charge >= 0.3 is 0 Å². The van der Waals surface area contributed by atoms with E-state index >= 15 is 0 Å². The molecule has 0 saturated heterocycles. The zero-order valence-corrected chi connectivity index (χ0v) is 13.8. The fraction of sp³-hybridized carbons (Fsp3) is 0.238. The van der Waals surface area contributed by atoms with Gasteiger partial charge in [0.25, 0.3) is 0 Å². The van der Waals surface area contributed by atoms with Gasteiger partial charge in [-0.3, -0.25) is 0 Å². The first-order valence-electron chi connectivity index (χ1n) is 8.19. The molecule has 0 fully saturated rings. The molecule has 2 heteroatoms. The number of hydrogen-bond acceptors (Lipinski definition) is 0. The van der Waals surface area contributed by atoms with Crippen molar-refractivity contribution in [3.8, 4) is 0 Å². The first-order chi connectivity index (χ1) is 11.1. The van der Waals surface area contributed by atoms with E-state index in [-0.39, 0.29) is 0 Å². The van der Waals surface area contributed by atoms with Crippen molar-refractivity contribution in [3.63, 3.8) is 0 Å². The monoisotopic (exact) mass is 299 g/mol. The molecule has 0 spiro atoms. The lowest BCUT2D eigenvalue weighted by Gasteiger charge is -2.14. The molecule has 0 bridgehead atoms. The van der Waals surface area contributed by atoms with E-state index in [1.165, 1.54) is 49.8 Å². The minimum atomic E-state index is 0.911. The molecule has 0 saturated carbocycles. The second-order valence-corrected chi connectivity index (χ2v) is 6.77. The van der Waals surface area contributed by atoms with Crippen LogP contribution in [0.4, 0.5) is 11.4 Å². The van der Waals surface area contributed by atoms with Gasteiger partial charge in [-0.05, 0) is 22.6 Å². The van der Waals surface area contributed by atoms with Crippen LogP contribution in [0.3, 0.4) is 0 Å². The Kier molecular flexibility index (Phi) is 2.42. The van der Waals surface area contributed by atoms with Gasteiger partial charge < -0.3 is 4.58 Å². The van der Waals surface area contributed by atoms with Gasteiger partial charge in [-0.15, -0.1) is 0 Å². The summed E-state index contributed by atoms with van der Waals surface area (Å²) < 4.78 is 4.56. The SMILES string of the molecule is CC1=[N+](C)c2c(ccc3ccc4ccc5c(c4c23)[N+](C)=[C-]C5)C1. The Morgan fingerprint density at radius 1 is 0.826 bits per heavy atom. The second-order valence-electron chi connectivity index (χ2n) is 6.77. The molecule has 3 aromatic carbocycles. The molecule has 2 nitrogen and oxygen atoms in total. The highest BCUT2D eigenvalue weighted by Crippen LogP contribution is 2.43. The fourth-order valence-electron chi connectivity index (χ4n) is 4.20. The predicted molar refractivity (Wildman–Crippen MR) is 96.2 cm³/mol. The van der Waals surface area contributed by atoms with Crippen LogP contribution >= 0.6 is 0 Å². The van der Waals surface area contributed by atoms with Gasteiger partial charge in [0, 0.05) is 24.1 Å².